The minimum atomic E-state index is -4.79. The monoisotopic (exact) mass is 366 g/mol. The minimum absolute atomic E-state index is 0.163. The summed E-state index contributed by atoms with van der Waals surface area (Å²) in [5.41, 5.74) is -0.468. The topological polar surface area (TPSA) is 97.2 Å². The number of rotatable bonds is 4. The smallest absolute Gasteiger partial charge is 0.406 e. The van der Waals surface area contributed by atoms with Crippen molar-refractivity contribution in [3.05, 3.63) is 36.2 Å². The maximum absolute atomic E-state index is 12.9. The summed E-state index contributed by atoms with van der Waals surface area (Å²) in [5, 5.41) is 13.1. The molecule has 2 heterocycles. The second kappa shape index (κ2) is 5.71. The number of hydrogen-bond donors (Lipinski definition) is 2. The molecule has 1 aliphatic carbocycles. The normalized spacial score (nSPS) is 16.3. The van der Waals surface area contributed by atoms with Gasteiger partial charge in [-0.2, -0.15) is 9.50 Å². The van der Waals surface area contributed by atoms with E-state index < -0.39 is 11.8 Å². The molecule has 3 aromatic rings. The molecule has 2 aromatic heterocycles. The van der Waals surface area contributed by atoms with Crippen molar-refractivity contribution in [2.75, 3.05) is 5.32 Å². The van der Waals surface area contributed by atoms with E-state index in [9.17, 15) is 18.0 Å². The Kier molecular flexibility index (Phi) is 3.60. The van der Waals surface area contributed by atoms with Crippen LogP contribution in [0.25, 0.3) is 5.78 Å². The number of aromatic nitrogens is 5. The molecule has 0 saturated heterocycles. The Morgan fingerprint density at radius 1 is 1.31 bits per heavy atom. The molecule has 0 unspecified atom stereocenters. The Morgan fingerprint density at radius 2 is 2.12 bits per heavy atom. The van der Waals surface area contributed by atoms with E-state index in [4.69, 9.17) is 0 Å². The minimum Gasteiger partial charge on any atom is -0.406 e. The van der Waals surface area contributed by atoms with Crippen LogP contribution >= 0.6 is 0 Å². The van der Waals surface area contributed by atoms with Gasteiger partial charge in [-0.15, -0.1) is 23.4 Å². The summed E-state index contributed by atoms with van der Waals surface area (Å²) >= 11 is 0. The maximum atomic E-state index is 12.9. The van der Waals surface area contributed by atoms with Crippen molar-refractivity contribution in [2.45, 2.75) is 31.0 Å². The van der Waals surface area contributed by atoms with E-state index in [1.165, 1.54) is 29.0 Å². The van der Waals surface area contributed by atoms with Gasteiger partial charge in [0, 0.05) is 0 Å². The molecule has 0 radical (unpaired) electrons. The van der Waals surface area contributed by atoms with Gasteiger partial charge in [0.25, 0.3) is 11.7 Å². The molecule has 136 valence electrons. The lowest BCUT2D eigenvalue weighted by atomic mass is 9.64. The molecule has 8 nitrogen and oxygen atoms in total. The second-order valence-electron chi connectivity index (χ2n) is 6.01. The molecule has 1 fully saturated rings. The number of hydrogen-bond acceptors (Lipinski definition) is 5. The zero-order valence-electron chi connectivity index (χ0n) is 13.2. The van der Waals surface area contributed by atoms with Gasteiger partial charge < -0.3 is 4.74 Å². The molecule has 0 aliphatic heterocycles. The van der Waals surface area contributed by atoms with Crippen LogP contribution in [-0.4, -0.2) is 37.1 Å². The Balaban J connectivity index is 1.62. The van der Waals surface area contributed by atoms with Gasteiger partial charge in [0.1, 0.15) is 12.1 Å². The van der Waals surface area contributed by atoms with Crippen molar-refractivity contribution in [3.63, 3.8) is 0 Å². The van der Waals surface area contributed by atoms with Gasteiger partial charge in [0.05, 0.1) is 5.41 Å². The number of carbonyl (C=O) groups is 1. The number of nitrogens with one attached hydrogen (secondary N) is 2. The molecular formula is C15H13F3N6O2. The Morgan fingerprint density at radius 3 is 2.81 bits per heavy atom. The average molecular weight is 366 g/mol. The van der Waals surface area contributed by atoms with Crippen molar-refractivity contribution in [3.8, 4) is 5.75 Å². The van der Waals surface area contributed by atoms with Gasteiger partial charge in [-0.05, 0) is 30.5 Å². The quantitative estimate of drug-likeness (QED) is 0.739. The van der Waals surface area contributed by atoms with E-state index in [1.807, 2.05) is 0 Å². The summed E-state index contributed by atoms with van der Waals surface area (Å²) in [6.45, 7) is 0. The molecule has 0 bridgehead atoms. The summed E-state index contributed by atoms with van der Waals surface area (Å²) in [6, 6.07) is 5.52. The Labute approximate surface area is 144 Å². The number of aromatic amines is 1. The molecule has 1 aromatic carbocycles. The zero-order chi connectivity index (χ0) is 18.4. The molecular weight excluding hydrogens is 353 g/mol. The highest BCUT2D eigenvalue weighted by Gasteiger charge is 2.46. The van der Waals surface area contributed by atoms with Gasteiger partial charge in [-0.1, -0.05) is 18.6 Å². The predicted molar refractivity (Wildman–Crippen MR) is 82.4 cm³/mol. The Hall–Kier alpha value is -3.11. The van der Waals surface area contributed by atoms with Gasteiger partial charge >= 0.3 is 6.36 Å². The lowest BCUT2D eigenvalue weighted by Gasteiger charge is -2.40. The summed E-state index contributed by atoms with van der Waals surface area (Å²) in [7, 11) is 0. The molecule has 1 amide bonds. The molecule has 0 atom stereocenters. The zero-order valence-corrected chi connectivity index (χ0v) is 13.2. The number of H-pyrrole nitrogens is 1. The highest BCUT2D eigenvalue weighted by Crippen LogP contribution is 2.45. The van der Waals surface area contributed by atoms with Crippen LogP contribution in [0.2, 0.25) is 0 Å². The highest BCUT2D eigenvalue weighted by molar-refractivity contribution is 5.99. The largest absolute Gasteiger partial charge is 0.573 e. The summed E-state index contributed by atoms with van der Waals surface area (Å²) in [4.78, 5) is 16.8. The fourth-order valence-corrected chi connectivity index (χ4v) is 3.09. The number of ether oxygens (including phenoxy) is 1. The van der Waals surface area contributed by atoms with Crippen LogP contribution in [0.5, 0.6) is 5.75 Å². The van der Waals surface area contributed by atoms with E-state index in [1.54, 1.807) is 6.07 Å². The van der Waals surface area contributed by atoms with Crippen LogP contribution in [0.4, 0.5) is 19.1 Å². The maximum Gasteiger partial charge on any atom is 0.573 e. The summed E-state index contributed by atoms with van der Waals surface area (Å²) in [6.07, 6.45) is -1.58. The molecule has 0 spiro atoms. The first-order valence-corrected chi connectivity index (χ1v) is 7.80. The number of carbonyl (C=O) groups excluding carboxylic acids is 1. The summed E-state index contributed by atoms with van der Waals surface area (Å²) in [5.74, 6) is -0.260. The van der Waals surface area contributed by atoms with Gasteiger partial charge in [0.15, 0.2) is 0 Å². The van der Waals surface area contributed by atoms with Gasteiger partial charge in [0.2, 0.25) is 5.91 Å². The van der Waals surface area contributed by atoms with E-state index in [0.717, 1.165) is 6.42 Å². The van der Waals surface area contributed by atoms with Gasteiger partial charge in [-0.25, -0.2) is 0 Å². The van der Waals surface area contributed by atoms with Crippen molar-refractivity contribution >= 4 is 17.6 Å². The third-order valence-corrected chi connectivity index (χ3v) is 4.50. The second-order valence-corrected chi connectivity index (χ2v) is 6.01. The first kappa shape index (κ1) is 16.4. The fraction of sp³-hybridized carbons (Fsp3) is 0.333. The highest BCUT2D eigenvalue weighted by atomic mass is 19.4. The molecule has 1 aliphatic rings. The van der Waals surface area contributed by atoms with Crippen molar-refractivity contribution in [1.29, 1.82) is 0 Å². The van der Waals surface area contributed by atoms with Crippen LogP contribution in [0, 0.1) is 0 Å². The third kappa shape index (κ3) is 2.74. The van der Waals surface area contributed by atoms with Crippen LogP contribution in [0.1, 0.15) is 24.8 Å². The average Bonchev–Trinajstić information content (AvgIpc) is 3.10. The fourth-order valence-electron chi connectivity index (χ4n) is 3.09. The number of nitrogens with zero attached hydrogens (tertiary/aromatic N) is 4. The predicted octanol–water partition coefficient (Wildman–Crippen LogP) is 2.41. The van der Waals surface area contributed by atoms with Gasteiger partial charge in [-0.3, -0.25) is 15.2 Å². The molecule has 2 N–H and O–H groups in total. The standard InChI is InChI=1S/C15H13F3N6O2/c16-15(17,18)26-10-4-1-3-9(7-10)14(5-2-6-14)11(25)21-13-23-22-12-19-8-20-24(12)13/h1,3-4,7-8H,2,5-6H2,(H,19,20,22)(H,21,23,25). The molecule has 1 saturated carbocycles. The molecule has 11 heteroatoms. The molecule has 26 heavy (non-hydrogen) atoms. The first-order valence-electron chi connectivity index (χ1n) is 7.80. The Bertz CT molecular complexity index is 960. The number of amides is 1. The SMILES string of the molecule is O=C(Nc1nnc2nc[nH]n12)C1(c2cccc(OC(F)(F)F)c2)CCC1. The van der Waals surface area contributed by atoms with E-state index >= 15 is 0 Å². The molecule has 4 rings (SSSR count). The third-order valence-electron chi connectivity index (χ3n) is 4.50. The number of anilines is 1. The van der Waals surface area contributed by atoms with Crippen molar-refractivity contribution < 1.29 is 22.7 Å². The van der Waals surface area contributed by atoms with E-state index in [-0.39, 0.29) is 17.6 Å². The lowest BCUT2D eigenvalue weighted by Crippen LogP contribution is -2.46. The number of benzene rings is 1. The van der Waals surface area contributed by atoms with Crippen LogP contribution in [-0.2, 0) is 10.2 Å². The number of alkyl halides is 3. The number of fused-ring (bicyclic) bond motifs is 1. The van der Waals surface area contributed by atoms with E-state index in [0.29, 0.717) is 24.2 Å². The summed E-state index contributed by atoms with van der Waals surface area (Å²) < 4.78 is 42.8. The van der Waals surface area contributed by atoms with Crippen LogP contribution < -0.4 is 10.1 Å². The van der Waals surface area contributed by atoms with Crippen molar-refractivity contribution in [1.82, 2.24) is 24.8 Å². The number of halogens is 3. The van der Waals surface area contributed by atoms with Crippen molar-refractivity contribution in [2.24, 2.45) is 0 Å². The first-order chi connectivity index (χ1) is 12.4. The van der Waals surface area contributed by atoms with Crippen LogP contribution in [0.3, 0.4) is 0 Å². The van der Waals surface area contributed by atoms with E-state index in [2.05, 4.69) is 30.3 Å². The lowest BCUT2D eigenvalue weighted by molar-refractivity contribution is -0.274. The van der Waals surface area contributed by atoms with Crippen LogP contribution in [0.15, 0.2) is 30.6 Å².